The number of H-pyrrole nitrogens is 2. The minimum Gasteiger partial charge on any atom is -0.489 e. The lowest BCUT2D eigenvalue weighted by atomic mass is 10.1. The maximum absolute atomic E-state index is 11.8. The van der Waals surface area contributed by atoms with E-state index in [2.05, 4.69) is 9.97 Å². The molecule has 6 heteroatoms. The molecule has 21 heavy (non-hydrogen) atoms. The number of hydrogen-bond acceptors (Lipinski definition) is 3. The molecule has 0 fully saturated rings. The summed E-state index contributed by atoms with van der Waals surface area (Å²) < 4.78 is 5.57. The van der Waals surface area contributed by atoms with Gasteiger partial charge in [-0.25, -0.2) is 4.79 Å². The van der Waals surface area contributed by atoms with Crippen LogP contribution < -0.4 is 16.0 Å². The number of ether oxygens (including phenoxy) is 1. The Hall–Kier alpha value is -2.01. The van der Waals surface area contributed by atoms with Gasteiger partial charge in [0.05, 0.1) is 11.1 Å². The number of halogens is 1. The predicted molar refractivity (Wildman–Crippen MR) is 82.4 cm³/mol. The van der Waals surface area contributed by atoms with E-state index >= 15 is 0 Å². The lowest BCUT2D eigenvalue weighted by molar-refractivity contribution is 0.242. The van der Waals surface area contributed by atoms with Gasteiger partial charge in [-0.1, -0.05) is 17.7 Å². The number of aromatic nitrogens is 2. The van der Waals surface area contributed by atoms with Crippen LogP contribution in [-0.2, 0) is 6.42 Å². The first-order chi connectivity index (χ1) is 9.86. The van der Waals surface area contributed by atoms with Crippen LogP contribution >= 0.6 is 11.6 Å². The van der Waals surface area contributed by atoms with Gasteiger partial charge in [0.1, 0.15) is 5.75 Å². The highest BCUT2D eigenvalue weighted by Gasteiger charge is 2.10. The molecule has 0 spiro atoms. The molecule has 0 bridgehead atoms. The van der Waals surface area contributed by atoms with Gasteiger partial charge < -0.3 is 9.72 Å². The normalized spacial score (nSPS) is 10.9. The fraction of sp³-hybridized carbons (Fsp3) is 0.333. The Morgan fingerprint density at radius 3 is 2.52 bits per heavy atom. The molecule has 2 aromatic rings. The van der Waals surface area contributed by atoms with Crippen LogP contribution in [0.3, 0.4) is 0 Å². The third kappa shape index (κ3) is 3.76. The quantitative estimate of drug-likeness (QED) is 0.910. The van der Waals surface area contributed by atoms with Crippen LogP contribution in [0, 0.1) is 6.92 Å². The largest absolute Gasteiger partial charge is 0.489 e. The summed E-state index contributed by atoms with van der Waals surface area (Å²) in [6, 6.07) is 5.41. The zero-order valence-electron chi connectivity index (χ0n) is 12.1. The lowest BCUT2D eigenvalue weighted by Gasteiger charge is -2.12. The first-order valence-corrected chi connectivity index (χ1v) is 7.01. The fourth-order valence-corrected chi connectivity index (χ4v) is 2.29. The second kappa shape index (κ2) is 6.18. The molecule has 2 N–H and O–H groups in total. The van der Waals surface area contributed by atoms with Crippen LogP contribution in [0.2, 0.25) is 5.02 Å². The molecule has 0 atom stereocenters. The monoisotopic (exact) mass is 308 g/mol. The molecule has 1 aromatic carbocycles. The smallest absolute Gasteiger partial charge is 0.325 e. The highest BCUT2D eigenvalue weighted by Crippen LogP contribution is 2.27. The number of hydrogen-bond donors (Lipinski definition) is 2. The molecule has 112 valence electrons. The van der Waals surface area contributed by atoms with Crippen molar-refractivity contribution in [3.8, 4) is 5.75 Å². The number of nitrogens with one attached hydrogen (secondary N) is 2. The minimum absolute atomic E-state index is 0.0395. The first-order valence-electron chi connectivity index (χ1n) is 6.64. The van der Waals surface area contributed by atoms with Crippen molar-refractivity contribution in [3.05, 3.63) is 60.9 Å². The molecule has 1 aromatic heterocycles. The molecule has 0 radical (unpaired) electrons. The standard InChI is InChI=1S/C15H17ClN2O3/c1-8(2)21-13-5-4-10(7-12(13)16)6-11-9(3)17-15(20)18-14(11)19/h4-5,7-8H,6H2,1-3H3,(H2,17,18,19,20). The maximum atomic E-state index is 11.8. The minimum atomic E-state index is -0.500. The SMILES string of the molecule is Cc1[nH]c(=O)[nH]c(=O)c1Cc1ccc(OC(C)C)c(Cl)c1. The van der Waals surface area contributed by atoms with Crippen LogP contribution in [0.5, 0.6) is 5.75 Å². The summed E-state index contributed by atoms with van der Waals surface area (Å²) in [6.07, 6.45) is 0.428. The van der Waals surface area contributed by atoms with E-state index in [4.69, 9.17) is 16.3 Å². The van der Waals surface area contributed by atoms with E-state index in [-0.39, 0.29) is 11.7 Å². The van der Waals surface area contributed by atoms with Crippen LogP contribution in [0.25, 0.3) is 0 Å². The molecule has 0 saturated carbocycles. The molecule has 1 heterocycles. The molecule has 0 unspecified atom stereocenters. The summed E-state index contributed by atoms with van der Waals surface area (Å²) in [7, 11) is 0. The van der Waals surface area contributed by atoms with E-state index in [1.807, 2.05) is 19.9 Å². The third-order valence-corrected chi connectivity index (χ3v) is 3.29. The molecule has 0 aliphatic carbocycles. The Morgan fingerprint density at radius 1 is 1.24 bits per heavy atom. The summed E-state index contributed by atoms with van der Waals surface area (Å²) in [4.78, 5) is 27.8. The summed E-state index contributed by atoms with van der Waals surface area (Å²) >= 11 is 6.18. The Bertz CT molecular complexity index is 762. The zero-order chi connectivity index (χ0) is 15.6. The molecule has 5 nitrogen and oxygen atoms in total. The van der Waals surface area contributed by atoms with Crippen LogP contribution in [0.4, 0.5) is 0 Å². The first kappa shape index (κ1) is 15.4. The topological polar surface area (TPSA) is 75.0 Å². The van der Waals surface area contributed by atoms with E-state index in [9.17, 15) is 9.59 Å². The third-order valence-electron chi connectivity index (χ3n) is 2.99. The van der Waals surface area contributed by atoms with Crippen molar-refractivity contribution in [3.63, 3.8) is 0 Å². The predicted octanol–water partition coefficient (Wildman–Crippen LogP) is 2.40. The zero-order valence-corrected chi connectivity index (χ0v) is 12.9. The summed E-state index contributed by atoms with van der Waals surface area (Å²) in [6.45, 7) is 5.55. The van der Waals surface area contributed by atoms with Gasteiger partial charge in [0, 0.05) is 17.7 Å². The number of benzene rings is 1. The maximum Gasteiger partial charge on any atom is 0.325 e. The summed E-state index contributed by atoms with van der Waals surface area (Å²) in [5, 5.41) is 0.500. The average molecular weight is 309 g/mol. The van der Waals surface area contributed by atoms with Crippen molar-refractivity contribution in [2.45, 2.75) is 33.3 Å². The molecule has 0 amide bonds. The van der Waals surface area contributed by atoms with Gasteiger partial charge in [-0.15, -0.1) is 0 Å². The number of aryl methyl sites for hydroxylation is 1. The molecule has 0 aliphatic rings. The van der Waals surface area contributed by atoms with Crippen LogP contribution in [-0.4, -0.2) is 16.1 Å². The lowest BCUT2D eigenvalue weighted by Crippen LogP contribution is -2.27. The van der Waals surface area contributed by atoms with Gasteiger partial charge in [-0.3, -0.25) is 9.78 Å². The van der Waals surface area contributed by atoms with Crippen molar-refractivity contribution in [2.24, 2.45) is 0 Å². The van der Waals surface area contributed by atoms with Gasteiger partial charge in [0.2, 0.25) is 0 Å². The van der Waals surface area contributed by atoms with Gasteiger partial charge in [-0.05, 0) is 38.5 Å². The fourth-order valence-electron chi connectivity index (χ4n) is 2.05. The van der Waals surface area contributed by atoms with Crippen molar-refractivity contribution < 1.29 is 4.74 Å². The summed E-state index contributed by atoms with van der Waals surface area (Å²) in [5.41, 5.74) is 1.07. The molecule has 0 saturated heterocycles. The van der Waals surface area contributed by atoms with Crippen LogP contribution in [0.15, 0.2) is 27.8 Å². The van der Waals surface area contributed by atoms with Crippen molar-refractivity contribution >= 4 is 11.6 Å². The Labute approximate surface area is 126 Å². The Kier molecular flexibility index (Phi) is 4.53. The Balaban J connectivity index is 2.31. The van der Waals surface area contributed by atoms with Crippen LogP contribution in [0.1, 0.15) is 30.7 Å². The van der Waals surface area contributed by atoms with Gasteiger partial charge in [0.25, 0.3) is 5.56 Å². The molecule has 2 rings (SSSR count). The van der Waals surface area contributed by atoms with E-state index in [1.165, 1.54) is 0 Å². The highest BCUT2D eigenvalue weighted by atomic mass is 35.5. The van der Waals surface area contributed by atoms with E-state index in [1.54, 1.807) is 19.1 Å². The molecular formula is C15H17ClN2O3. The van der Waals surface area contributed by atoms with E-state index in [0.29, 0.717) is 28.5 Å². The van der Waals surface area contributed by atoms with Gasteiger partial charge in [-0.2, -0.15) is 0 Å². The Morgan fingerprint density at radius 2 is 1.95 bits per heavy atom. The summed E-state index contributed by atoms with van der Waals surface area (Å²) in [5.74, 6) is 0.613. The second-order valence-corrected chi connectivity index (χ2v) is 5.53. The van der Waals surface area contributed by atoms with Crippen molar-refractivity contribution in [1.29, 1.82) is 0 Å². The van der Waals surface area contributed by atoms with Gasteiger partial charge in [0.15, 0.2) is 0 Å². The van der Waals surface area contributed by atoms with Crippen molar-refractivity contribution in [1.82, 2.24) is 9.97 Å². The van der Waals surface area contributed by atoms with E-state index in [0.717, 1.165) is 5.56 Å². The van der Waals surface area contributed by atoms with E-state index < -0.39 is 5.69 Å². The number of rotatable bonds is 4. The highest BCUT2D eigenvalue weighted by molar-refractivity contribution is 6.32. The molecule has 0 aliphatic heterocycles. The number of aromatic amines is 2. The second-order valence-electron chi connectivity index (χ2n) is 5.12. The molecular weight excluding hydrogens is 292 g/mol. The van der Waals surface area contributed by atoms with Gasteiger partial charge >= 0.3 is 5.69 Å². The van der Waals surface area contributed by atoms with Crippen molar-refractivity contribution in [2.75, 3.05) is 0 Å². The average Bonchev–Trinajstić information content (AvgIpc) is 2.36.